The summed E-state index contributed by atoms with van der Waals surface area (Å²) in [6.07, 6.45) is 1.04. The minimum Gasteiger partial charge on any atom is -0.356 e. The zero-order valence-corrected chi connectivity index (χ0v) is 10.1. The number of carbonyl (C=O) groups excluding carboxylic acids is 1. The molecule has 14 heavy (non-hydrogen) atoms. The minimum absolute atomic E-state index is 0.271. The Balaban J connectivity index is 0. The second kappa shape index (κ2) is 8.97. The molecule has 4 heteroatoms. The maximum Gasteiger partial charge on any atom is 0.207 e. The van der Waals surface area contributed by atoms with Crippen LogP contribution in [0.5, 0.6) is 0 Å². The Morgan fingerprint density at radius 1 is 1.29 bits per heavy atom. The molecule has 86 valence electrons. The summed E-state index contributed by atoms with van der Waals surface area (Å²) in [5, 5.41) is 2.68. The highest BCUT2D eigenvalue weighted by Gasteiger charge is 2.21. The molecule has 0 spiro atoms. The van der Waals surface area contributed by atoms with Crippen LogP contribution < -0.4 is 5.32 Å². The smallest absolute Gasteiger partial charge is 0.207 e. The molecule has 0 aromatic rings. The van der Waals surface area contributed by atoms with E-state index in [2.05, 4.69) is 5.32 Å². The van der Waals surface area contributed by atoms with Crippen molar-refractivity contribution in [2.45, 2.75) is 45.9 Å². The van der Waals surface area contributed by atoms with Gasteiger partial charge in [0.15, 0.2) is 6.29 Å². The van der Waals surface area contributed by atoms with Crippen molar-refractivity contribution in [3.05, 3.63) is 0 Å². The van der Waals surface area contributed by atoms with E-state index in [4.69, 9.17) is 9.47 Å². The summed E-state index contributed by atoms with van der Waals surface area (Å²) in [5.74, 6) is 0. The average molecular weight is 205 g/mol. The Labute approximate surface area is 87.0 Å². The van der Waals surface area contributed by atoms with E-state index in [0.717, 1.165) is 0 Å². The first-order valence-electron chi connectivity index (χ1n) is 4.82. The van der Waals surface area contributed by atoms with E-state index in [1.165, 1.54) is 0 Å². The van der Waals surface area contributed by atoms with Crippen LogP contribution in [0.1, 0.15) is 34.1 Å². The van der Waals surface area contributed by atoms with Gasteiger partial charge >= 0.3 is 0 Å². The molecule has 0 saturated carbocycles. The number of hydrogen-bond donors (Lipinski definition) is 1. The summed E-state index contributed by atoms with van der Waals surface area (Å²) in [6, 6.07) is 0. The molecule has 0 saturated heterocycles. The normalized spacial score (nSPS) is 10.5. The van der Waals surface area contributed by atoms with Crippen LogP contribution in [0.3, 0.4) is 0 Å². The molecule has 0 aliphatic carbocycles. The summed E-state index contributed by atoms with van der Waals surface area (Å²) >= 11 is 0. The molecule has 0 aromatic carbocycles. The molecule has 0 fully saturated rings. The first-order chi connectivity index (χ1) is 6.55. The number of nitrogens with one attached hydrogen (secondary N) is 1. The fourth-order valence-corrected chi connectivity index (χ4v) is 0.898. The minimum atomic E-state index is -0.293. The quantitative estimate of drug-likeness (QED) is 0.528. The van der Waals surface area contributed by atoms with E-state index in [-0.39, 0.29) is 11.8 Å². The molecule has 0 radical (unpaired) electrons. The molecule has 0 aliphatic heterocycles. The molecular weight excluding hydrogens is 182 g/mol. The largest absolute Gasteiger partial charge is 0.356 e. The molecule has 0 atom stereocenters. The Kier molecular flexibility index (Phi) is 10.1. The summed E-state index contributed by atoms with van der Waals surface area (Å²) in [5.41, 5.74) is -0.293. The van der Waals surface area contributed by atoms with Crippen molar-refractivity contribution in [3.8, 4) is 0 Å². The van der Waals surface area contributed by atoms with Crippen molar-refractivity contribution in [2.24, 2.45) is 0 Å². The van der Waals surface area contributed by atoms with E-state index >= 15 is 0 Å². The van der Waals surface area contributed by atoms with Crippen LogP contribution in [0.15, 0.2) is 0 Å². The Morgan fingerprint density at radius 3 is 2.00 bits per heavy atom. The monoisotopic (exact) mass is 205 g/mol. The number of hydrogen-bond acceptors (Lipinski definition) is 3. The van der Waals surface area contributed by atoms with Gasteiger partial charge in [-0.25, -0.2) is 0 Å². The zero-order valence-electron chi connectivity index (χ0n) is 10.1. The predicted molar refractivity (Wildman–Crippen MR) is 57.0 cm³/mol. The lowest BCUT2D eigenvalue weighted by atomic mass is 10.0. The first-order valence-corrected chi connectivity index (χ1v) is 4.82. The predicted octanol–water partition coefficient (Wildman–Crippen LogP) is 1.55. The summed E-state index contributed by atoms with van der Waals surface area (Å²) in [7, 11) is 3.15. The van der Waals surface area contributed by atoms with Crippen molar-refractivity contribution in [3.63, 3.8) is 0 Å². The molecule has 1 N–H and O–H groups in total. The van der Waals surface area contributed by atoms with Crippen molar-refractivity contribution in [2.75, 3.05) is 14.2 Å². The van der Waals surface area contributed by atoms with Crippen LogP contribution in [-0.2, 0) is 14.3 Å². The lowest BCUT2D eigenvalue weighted by Gasteiger charge is -2.27. The lowest BCUT2D eigenvalue weighted by molar-refractivity contribution is -0.122. The van der Waals surface area contributed by atoms with Gasteiger partial charge in [-0.1, -0.05) is 13.8 Å². The van der Waals surface area contributed by atoms with Gasteiger partial charge in [-0.05, 0) is 13.8 Å². The van der Waals surface area contributed by atoms with E-state index in [0.29, 0.717) is 12.8 Å². The van der Waals surface area contributed by atoms with Crippen molar-refractivity contribution >= 4 is 6.41 Å². The molecule has 0 bridgehead atoms. The number of methoxy groups -OCH3 is 2. The van der Waals surface area contributed by atoms with Gasteiger partial charge in [0, 0.05) is 26.2 Å². The third-order valence-corrected chi connectivity index (χ3v) is 1.65. The van der Waals surface area contributed by atoms with Crippen LogP contribution in [-0.4, -0.2) is 32.5 Å². The van der Waals surface area contributed by atoms with E-state index in [9.17, 15) is 4.79 Å². The fraction of sp³-hybridized carbons (Fsp3) is 0.900. The third kappa shape index (κ3) is 8.01. The first kappa shape index (κ1) is 15.8. The van der Waals surface area contributed by atoms with Gasteiger partial charge in [-0.2, -0.15) is 0 Å². The van der Waals surface area contributed by atoms with Gasteiger partial charge in [0.05, 0.1) is 0 Å². The molecule has 4 nitrogen and oxygen atoms in total. The Morgan fingerprint density at radius 2 is 1.71 bits per heavy atom. The number of rotatable bonds is 6. The highest BCUT2D eigenvalue weighted by atomic mass is 16.7. The number of ether oxygens (including phenoxy) is 2. The highest BCUT2D eigenvalue weighted by Crippen LogP contribution is 2.12. The fourth-order valence-electron chi connectivity index (χ4n) is 0.898. The van der Waals surface area contributed by atoms with Crippen molar-refractivity contribution in [1.82, 2.24) is 5.32 Å². The second-order valence-electron chi connectivity index (χ2n) is 3.25. The summed E-state index contributed by atoms with van der Waals surface area (Å²) in [6.45, 7) is 7.82. The summed E-state index contributed by atoms with van der Waals surface area (Å²) in [4.78, 5) is 10.2. The molecule has 1 amide bonds. The molecular formula is C10H23NO3. The Hall–Kier alpha value is -0.610. The number of amides is 1. The van der Waals surface area contributed by atoms with Crippen LogP contribution >= 0.6 is 0 Å². The zero-order chi connectivity index (χ0) is 11.6. The van der Waals surface area contributed by atoms with Gasteiger partial charge in [0.25, 0.3) is 0 Å². The summed E-state index contributed by atoms with van der Waals surface area (Å²) < 4.78 is 10.0. The van der Waals surface area contributed by atoms with Crippen LogP contribution in [0.2, 0.25) is 0 Å². The van der Waals surface area contributed by atoms with Gasteiger partial charge in [-0.15, -0.1) is 0 Å². The SMILES string of the molecule is CC.COC(CC(C)(C)NC=O)OC. The standard InChI is InChI=1S/C8H17NO3.C2H6/c1-8(2,9-6-10)5-7(11-3)12-4;1-2/h6-7H,5H2,1-4H3,(H,9,10);1-2H3. The lowest BCUT2D eigenvalue weighted by Crippen LogP contribution is -2.42. The van der Waals surface area contributed by atoms with E-state index in [1.807, 2.05) is 27.7 Å². The van der Waals surface area contributed by atoms with Gasteiger partial charge < -0.3 is 14.8 Å². The molecule has 0 unspecified atom stereocenters. The Bertz CT molecular complexity index is 133. The van der Waals surface area contributed by atoms with Gasteiger partial charge in [-0.3, -0.25) is 4.79 Å². The third-order valence-electron chi connectivity index (χ3n) is 1.65. The highest BCUT2D eigenvalue weighted by molar-refractivity contribution is 5.47. The van der Waals surface area contributed by atoms with Crippen LogP contribution in [0, 0.1) is 0 Å². The molecule has 0 aliphatic rings. The topological polar surface area (TPSA) is 47.6 Å². The van der Waals surface area contributed by atoms with Crippen molar-refractivity contribution in [1.29, 1.82) is 0 Å². The van der Waals surface area contributed by atoms with E-state index in [1.54, 1.807) is 14.2 Å². The second-order valence-corrected chi connectivity index (χ2v) is 3.25. The average Bonchev–Trinajstić information content (AvgIpc) is 2.17. The molecule has 0 rings (SSSR count). The van der Waals surface area contributed by atoms with Crippen LogP contribution in [0.4, 0.5) is 0 Å². The molecule has 0 aromatic heterocycles. The maximum atomic E-state index is 10.2. The van der Waals surface area contributed by atoms with Gasteiger partial charge in [0.1, 0.15) is 0 Å². The van der Waals surface area contributed by atoms with E-state index < -0.39 is 0 Å². The van der Waals surface area contributed by atoms with Crippen molar-refractivity contribution < 1.29 is 14.3 Å². The number of carbonyl (C=O) groups is 1. The maximum absolute atomic E-state index is 10.2. The van der Waals surface area contributed by atoms with Gasteiger partial charge in [0.2, 0.25) is 6.41 Å². The van der Waals surface area contributed by atoms with Crippen LogP contribution in [0.25, 0.3) is 0 Å². The molecule has 0 heterocycles.